The summed E-state index contributed by atoms with van der Waals surface area (Å²) in [7, 11) is 0. The van der Waals surface area contributed by atoms with Crippen LogP contribution in [0.1, 0.15) is 53.4 Å². The number of para-hydroxylation sites is 1. The molecule has 0 fully saturated rings. The van der Waals surface area contributed by atoms with Crippen molar-refractivity contribution in [3.63, 3.8) is 0 Å². The van der Waals surface area contributed by atoms with Gasteiger partial charge in [-0.15, -0.1) is 0 Å². The quantitative estimate of drug-likeness (QED) is 0.0937. The monoisotopic (exact) mass is 693 g/mol. The molecule has 1 aromatic heterocycles. The van der Waals surface area contributed by atoms with Crippen LogP contribution in [0.5, 0.6) is 5.75 Å². The number of aryl methyl sites for hydroxylation is 1. The smallest absolute Gasteiger partial charge is 0.197 e. The van der Waals surface area contributed by atoms with Crippen LogP contribution in [0.3, 0.4) is 0 Å². The molecule has 0 aliphatic heterocycles. The number of ether oxygens (including phenoxy) is 1. The molecule has 6 heteroatoms. The van der Waals surface area contributed by atoms with Crippen molar-refractivity contribution in [2.75, 3.05) is 13.2 Å². The maximum atomic E-state index is 13.7. The number of halogens is 2. The summed E-state index contributed by atoms with van der Waals surface area (Å²) >= 11 is 4.53. The first kappa shape index (κ1) is 26.2. The molecule has 4 nitrogen and oxygen atoms in total. The third kappa shape index (κ3) is 6.65. The van der Waals surface area contributed by atoms with Gasteiger partial charge in [0.1, 0.15) is 17.1 Å². The average molecular weight is 693 g/mol. The van der Waals surface area contributed by atoms with Crippen LogP contribution in [0.15, 0.2) is 71.1 Å². The number of carbonyl (C=O) groups excluding carboxylic acids is 1. The lowest BCUT2D eigenvalue weighted by Gasteiger charge is -2.13. The van der Waals surface area contributed by atoms with Crippen LogP contribution in [0.25, 0.3) is 11.0 Å². The highest BCUT2D eigenvalue weighted by atomic mass is 127. The van der Waals surface area contributed by atoms with Gasteiger partial charge in [0, 0.05) is 23.9 Å². The molecule has 4 rings (SSSR count). The van der Waals surface area contributed by atoms with Crippen molar-refractivity contribution in [3.05, 3.63) is 96.3 Å². The van der Waals surface area contributed by atoms with Crippen LogP contribution in [0.2, 0.25) is 0 Å². The molecule has 35 heavy (non-hydrogen) atoms. The molecule has 0 saturated heterocycles. The second-order valence-corrected chi connectivity index (χ2v) is 10.8. The Hall–Kier alpha value is -1.91. The van der Waals surface area contributed by atoms with E-state index >= 15 is 0 Å². The molecule has 0 aliphatic carbocycles. The summed E-state index contributed by atoms with van der Waals surface area (Å²) in [6.45, 7) is 4.50. The molecule has 182 valence electrons. The highest BCUT2D eigenvalue weighted by molar-refractivity contribution is 14.1. The fourth-order valence-electron chi connectivity index (χ4n) is 4.03. The number of hydrogen-bond donors (Lipinski definition) is 1. The van der Waals surface area contributed by atoms with E-state index in [1.54, 1.807) is 0 Å². The lowest BCUT2D eigenvalue weighted by Crippen LogP contribution is -2.17. The SMILES string of the molecule is CCCCc1oc2ccccc2c1C(=O)c1cc(I)c(OCCCNCc2ccccc2)c(I)c1. The van der Waals surface area contributed by atoms with E-state index in [0.717, 1.165) is 68.4 Å². The van der Waals surface area contributed by atoms with Gasteiger partial charge in [-0.1, -0.05) is 61.9 Å². The van der Waals surface area contributed by atoms with Crippen LogP contribution in [0.4, 0.5) is 0 Å². The summed E-state index contributed by atoms with van der Waals surface area (Å²) in [5.41, 5.74) is 3.41. The van der Waals surface area contributed by atoms with Crippen LogP contribution >= 0.6 is 45.2 Å². The lowest BCUT2D eigenvalue weighted by molar-refractivity contribution is 0.103. The number of rotatable bonds is 12. The van der Waals surface area contributed by atoms with Crippen LogP contribution in [-0.2, 0) is 13.0 Å². The summed E-state index contributed by atoms with van der Waals surface area (Å²) in [5, 5.41) is 4.34. The molecule has 1 heterocycles. The molecule has 4 aromatic rings. The number of unbranched alkanes of at least 4 members (excludes halogenated alkanes) is 1. The average Bonchev–Trinajstić information content (AvgIpc) is 3.24. The molecule has 0 radical (unpaired) electrons. The van der Waals surface area contributed by atoms with E-state index in [2.05, 4.69) is 81.7 Å². The third-order valence-electron chi connectivity index (χ3n) is 5.83. The van der Waals surface area contributed by atoms with E-state index in [1.807, 2.05) is 42.5 Å². The predicted molar refractivity (Wildman–Crippen MR) is 158 cm³/mol. The number of benzene rings is 3. The highest BCUT2D eigenvalue weighted by Crippen LogP contribution is 2.33. The van der Waals surface area contributed by atoms with Crippen molar-refractivity contribution in [2.45, 2.75) is 39.2 Å². The third-order valence-corrected chi connectivity index (χ3v) is 7.43. The zero-order chi connectivity index (χ0) is 24.6. The maximum absolute atomic E-state index is 13.7. The zero-order valence-corrected chi connectivity index (χ0v) is 24.1. The second kappa shape index (κ2) is 12.9. The Kier molecular flexibility index (Phi) is 9.62. The Bertz CT molecular complexity index is 1260. The molecular formula is C29H29I2NO3. The van der Waals surface area contributed by atoms with Gasteiger partial charge in [-0.2, -0.15) is 0 Å². The van der Waals surface area contributed by atoms with Crippen molar-refractivity contribution in [2.24, 2.45) is 0 Å². The molecular weight excluding hydrogens is 664 g/mol. The first-order chi connectivity index (χ1) is 17.1. The molecule has 0 spiro atoms. The molecule has 0 saturated carbocycles. The number of nitrogens with one attached hydrogen (secondary N) is 1. The molecule has 0 unspecified atom stereocenters. The van der Waals surface area contributed by atoms with Gasteiger partial charge in [0.2, 0.25) is 0 Å². The first-order valence-electron chi connectivity index (χ1n) is 12.0. The molecule has 0 amide bonds. The Balaban J connectivity index is 1.42. The van der Waals surface area contributed by atoms with E-state index in [0.29, 0.717) is 17.7 Å². The highest BCUT2D eigenvalue weighted by Gasteiger charge is 2.23. The first-order valence-corrected chi connectivity index (χ1v) is 14.2. The minimum absolute atomic E-state index is 0.00791. The topological polar surface area (TPSA) is 51.5 Å². The fraction of sp³-hybridized carbons (Fsp3) is 0.276. The van der Waals surface area contributed by atoms with Crippen LogP contribution < -0.4 is 10.1 Å². The fourth-order valence-corrected chi connectivity index (χ4v) is 6.11. The van der Waals surface area contributed by atoms with E-state index in [-0.39, 0.29) is 5.78 Å². The van der Waals surface area contributed by atoms with Gasteiger partial charge in [-0.05, 0) is 88.3 Å². The molecule has 0 aliphatic rings. The molecule has 1 N–H and O–H groups in total. The minimum Gasteiger partial charge on any atom is -0.491 e. The van der Waals surface area contributed by atoms with Crippen LogP contribution in [-0.4, -0.2) is 18.9 Å². The van der Waals surface area contributed by atoms with Crippen molar-refractivity contribution in [1.82, 2.24) is 5.32 Å². The van der Waals surface area contributed by atoms with Crippen molar-refractivity contribution in [3.8, 4) is 5.75 Å². The summed E-state index contributed by atoms with van der Waals surface area (Å²) in [6, 6.07) is 22.0. The molecule has 0 bridgehead atoms. The van der Waals surface area contributed by atoms with Gasteiger partial charge in [0.15, 0.2) is 5.78 Å². The van der Waals surface area contributed by atoms with Crippen molar-refractivity contribution < 1.29 is 13.9 Å². The number of furan rings is 1. The van der Waals surface area contributed by atoms with Crippen molar-refractivity contribution >= 4 is 61.9 Å². The largest absolute Gasteiger partial charge is 0.491 e. The van der Waals surface area contributed by atoms with E-state index in [1.165, 1.54) is 5.56 Å². The minimum atomic E-state index is 0.00791. The predicted octanol–water partition coefficient (Wildman–Crippen LogP) is 7.77. The second-order valence-electron chi connectivity index (χ2n) is 8.46. The van der Waals surface area contributed by atoms with Gasteiger partial charge in [-0.25, -0.2) is 0 Å². The number of hydrogen-bond acceptors (Lipinski definition) is 4. The Morgan fingerprint density at radius 3 is 2.43 bits per heavy atom. The summed E-state index contributed by atoms with van der Waals surface area (Å²) in [6.07, 6.45) is 3.71. The van der Waals surface area contributed by atoms with Crippen LogP contribution in [0, 0.1) is 7.14 Å². The molecule has 3 aromatic carbocycles. The molecule has 0 atom stereocenters. The van der Waals surface area contributed by atoms with Gasteiger partial charge in [0.25, 0.3) is 0 Å². The Morgan fingerprint density at radius 2 is 1.69 bits per heavy atom. The normalized spacial score (nSPS) is 11.2. The summed E-state index contributed by atoms with van der Waals surface area (Å²) in [4.78, 5) is 13.7. The van der Waals surface area contributed by atoms with E-state index < -0.39 is 0 Å². The lowest BCUT2D eigenvalue weighted by atomic mass is 9.98. The standard InChI is InChI=1S/C29H29I2NO3/c1-2-3-13-26-27(22-12-7-8-14-25(22)35-26)28(33)21-17-23(30)29(24(31)18-21)34-16-9-15-32-19-20-10-5-4-6-11-20/h4-8,10-12,14,17-18,32H,2-3,9,13,15-16,19H2,1H3. The van der Waals surface area contributed by atoms with Gasteiger partial charge >= 0.3 is 0 Å². The number of carbonyl (C=O) groups is 1. The van der Waals surface area contributed by atoms with Crippen molar-refractivity contribution in [1.29, 1.82) is 0 Å². The Labute approximate surface area is 234 Å². The van der Waals surface area contributed by atoms with E-state index in [9.17, 15) is 4.79 Å². The maximum Gasteiger partial charge on any atom is 0.197 e. The Morgan fingerprint density at radius 1 is 0.971 bits per heavy atom. The number of fused-ring (bicyclic) bond motifs is 1. The number of ketones is 1. The summed E-state index contributed by atoms with van der Waals surface area (Å²) < 4.78 is 14.1. The van der Waals surface area contributed by atoms with Gasteiger partial charge in [0.05, 0.1) is 19.3 Å². The van der Waals surface area contributed by atoms with E-state index in [4.69, 9.17) is 9.15 Å². The van der Waals surface area contributed by atoms with Gasteiger partial charge in [-0.3, -0.25) is 4.79 Å². The zero-order valence-electron chi connectivity index (χ0n) is 19.8. The summed E-state index contributed by atoms with van der Waals surface area (Å²) in [5.74, 6) is 1.63. The van der Waals surface area contributed by atoms with Gasteiger partial charge < -0.3 is 14.5 Å².